The van der Waals surface area contributed by atoms with Crippen molar-refractivity contribution < 1.29 is 14.6 Å². The minimum atomic E-state index is -0.538. The number of rotatable bonds is 4. The first-order valence-corrected chi connectivity index (χ1v) is 6.90. The zero-order chi connectivity index (χ0) is 14.0. The summed E-state index contributed by atoms with van der Waals surface area (Å²) in [5.41, 5.74) is 0.943. The van der Waals surface area contributed by atoms with Crippen molar-refractivity contribution in [2.45, 2.75) is 39.2 Å². The van der Waals surface area contributed by atoms with Gasteiger partial charge < -0.3 is 14.6 Å². The van der Waals surface area contributed by atoms with E-state index < -0.39 is 6.10 Å². The van der Waals surface area contributed by atoms with Gasteiger partial charge in [0.05, 0.1) is 25.9 Å². The Morgan fingerprint density at radius 1 is 1.21 bits per heavy atom. The van der Waals surface area contributed by atoms with Crippen LogP contribution in [0.4, 0.5) is 0 Å². The molecule has 2 rings (SSSR count). The summed E-state index contributed by atoms with van der Waals surface area (Å²) in [4.78, 5) is 0. The monoisotopic (exact) mass is 264 g/mol. The van der Waals surface area contributed by atoms with Gasteiger partial charge in [-0.25, -0.2) is 0 Å². The van der Waals surface area contributed by atoms with Gasteiger partial charge in [0.25, 0.3) is 0 Å². The third kappa shape index (κ3) is 2.57. The normalized spacial score (nSPS) is 23.1. The van der Waals surface area contributed by atoms with Crippen LogP contribution in [0.5, 0.6) is 11.5 Å². The Hall–Kier alpha value is -1.22. The van der Waals surface area contributed by atoms with E-state index in [0.717, 1.165) is 18.4 Å². The molecule has 0 heterocycles. The molecule has 106 valence electrons. The molecule has 0 aliphatic heterocycles. The molecule has 2 unspecified atom stereocenters. The van der Waals surface area contributed by atoms with Gasteiger partial charge in [-0.2, -0.15) is 0 Å². The number of ether oxygens (including phenoxy) is 2. The molecule has 0 aromatic heterocycles. The molecule has 1 aromatic rings. The van der Waals surface area contributed by atoms with Crippen molar-refractivity contribution in [1.29, 1.82) is 0 Å². The average molecular weight is 264 g/mol. The summed E-state index contributed by atoms with van der Waals surface area (Å²) in [6, 6.07) is 5.64. The summed E-state index contributed by atoms with van der Waals surface area (Å²) < 4.78 is 10.8. The van der Waals surface area contributed by atoms with Crippen molar-refractivity contribution in [1.82, 2.24) is 0 Å². The van der Waals surface area contributed by atoms with E-state index in [1.54, 1.807) is 14.2 Å². The summed E-state index contributed by atoms with van der Waals surface area (Å²) in [5, 5.41) is 10.8. The standard InChI is InChI=1S/C16H24O3/c1-16(2)10-6-7-11(16)15(17)14-12(18-3)8-5-9-13(14)19-4/h5,8-9,11,15,17H,6-7,10H2,1-4H3. The molecule has 3 nitrogen and oxygen atoms in total. The highest BCUT2D eigenvalue weighted by atomic mass is 16.5. The van der Waals surface area contributed by atoms with E-state index in [0.29, 0.717) is 11.5 Å². The number of hydrogen-bond donors (Lipinski definition) is 1. The smallest absolute Gasteiger partial charge is 0.128 e. The first-order valence-electron chi connectivity index (χ1n) is 6.90. The Kier molecular flexibility index (Phi) is 4.04. The topological polar surface area (TPSA) is 38.7 Å². The maximum Gasteiger partial charge on any atom is 0.128 e. The summed E-state index contributed by atoms with van der Waals surface area (Å²) in [7, 11) is 3.26. The maximum absolute atomic E-state index is 10.8. The highest BCUT2D eigenvalue weighted by molar-refractivity contribution is 5.46. The van der Waals surface area contributed by atoms with Gasteiger partial charge in [-0.3, -0.25) is 0 Å². The summed E-state index contributed by atoms with van der Waals surface area (Å²) in [5.74, 6) is 1.65. The van der Waals surface area contributed by atoms with Crippen molar-refractivity contribution in [3.8, 4) is 11.5 Å². The predicted molar refractivity (Wildman–Crippen MR) is 75.6 cm³/mol. The average Bonchev–Trinajstić information content (AvgIpc) is 2.76. The molecule has 1 aliphatic rings. The first kappa shape index (κ1) is 14.2. The van der Waals surface area contributed by atoms with Crippen LogP contribution in [0.3, 0.4) is 0 Å². The third-order valence-corrected chi connectivity index (χ3v) is 4.48. The van der Waals surface area contributed by atoms with Gasteiger partial charge in [-0.1, -0.05) is 26.3 Å². The van der Waals surface area contributed by atoms with Gasteiger partial charge in [0.1, 0.15) is 11.5 Å². The second-order valence-corrected chi connectivity index (χ2v) is 6.01. The van der Waals surface area contributed by atoms with Crippen molar-refractivity contribution in [3.63, 3.8) is 0 Å². The fourth-order valence-corrected chi connectivity index (χ4v) is 3.31. The van der Waals surface area contributed by atoms with Gasteiger partial charge in [-0.05, 0) is 36.3 Å². The lowest BCUT2D eigenvalue weighted by atomic mass is 9.76. The first-order chi connectivity index (χ1) is 9.01. The van der Waals surface area contributed by atoms with Crippen LogP contribution in [0.15, 0.2) is 18.2 Å². The van der Waals surface area contributed by atoms with Gasteiger partial charge in [0.2, 0.25) is 0 Å². The highest BCUT2D eigenvalue weighted by Gasteiger charge is 2.41. The second kappa shape index (κ2) is 5.41. The van der Waals surface area contributed by atoms with Crippen LogP contribution in [-0.4, -0.2) is 19.3 Å². The molecule has 3 heteroatoms. The van der Waals surface area contributed by atoms with E-state index >= 15 is 0 Å². The van der Waals surface area contributed by atoms with Crippen molar-refractivity contribution in [3.05, 3.63) is 23.8 Å². The molecule has 0 radical (unpaired) electrons. The highest BCUT2D eigenvalue weighted by Crippen LogP contribution is 2.51. The van der Waals surface area contributed by atoms with Gasteiger partial charge in [0, 0.05) is 0 Å². The van der Waals surface area contributed by atoms with Crippen LogP contribution in [0.2, 0.25) is 0 Å². The molecule has 2 atom stereocenters. The molecule has 19 heavy (non-hydrogen) atoms. The third-order valence-electron chi connectivity index (χ3n) is 4.48. The predicted octanol–water partition coefficient (Wildman–Crippen LogP) is 3.56. The Balaban J connectivity index is 2.40. The summed E-state index contributed by atoms with van der Waals surface area (Å²) >= 11 is 0. The number of aliphatic hydroxyl groups excluding tert-OH is 1. The Morgan fingerprint density at radius 3 is 2.21 bits per heavy atom. The fraction of sp³-hybridized carbons (Fsp3) is 0.625. The van der Waals surface area contributed by atoms with Crippen molar-refractivity contribution in [2.75, 3.05) is 14.2 Å². The van der Waals surface area contributed by atoms with E-state index in [2.05, 4.69) is 13.8 Å². The van der Waals surface area contributed by atoms with E-state index in [-0.39, 0.29) is 11.3 Å². The van der Waals surface area contributed by atoms with Crippen molar-refractivity contribution >= 4 is 0 Å². The SMILES string of the molecule is COc1cccc(OC)c1C(O)C1CCCC1(C)C. The van der Waals surface area contributed by atoms with Crippen LogP contribution in [0.25, 0.3) is 0 Å². The molecular formula is C16H24O3. The quantitative estimate of drug-likeness (QED) is 0.903. The lowest BCUT2D eigenvalue weighted by molar-refractivity contribution is 0.0494. The fourth-order valence-electron chi connectivity index (χ4n) is 3.31. The van der Waals surface area contributed by atoms with E-state index in [9.17, 15) is 5.11 Å². The minimum Gasteiger partial charge on any atom is -0.496 e. The molecule has 1 fully saturated rings. The molecule has 0 spiro atoms. The molecule has 1 saturated carbocycles. The number of methoxy groups -OCH3 is 2. The molecule has 0 amide bonds. The second-order valence-electron chi connectivity index (χ2n) is 6.01. The summed E-state index contributed by atoms with van der Waals surface area (Å²) in [6.45, 7) is 4.46. The van der Waals surface area contributed by atoms with Gasteiger partial charge in [-0.15, -0.1) is 0 Å². The van der Waals surface area contributed by atoms with Crippen LogP contribution in [0, 0.1) is 11.3 Å². The van der Waals surface area contributed by atoms with Crippen LogP contribution < -0.4 is 9.47 Å². The minimum absolute atomic E-state index is 0.158. The number of benzene rings is 1. The van der Waals surface area contributed by atoms with E-state index in [1.807, 2.05) is 18.2 Å². The lowest BCUT2D eigenvalue weighted by Crippen LogP contribution is -2.24. The molecule has 0 bridgehead atoms. The number of hydrogen-bond acceptors (Lipinski definition) is 3. The molecule has 1 N–H and O–H groups in total. The van der Waals surface area contributed by atoms with Crippen LogP contribution in [0.1, 0.15) is 44.8 Å². The largest absolute Gasteiger partial charge is 0.496 e. The molecule has 0 saturated heterocycles. The Labute approximate surface area is 115 Å². The zero-order valence-corrected chi connectivity index (χ0v) is 12.3. The molecule has 1 aromatic carbocycles. The molecular weight excluding hydrogens is 240 g/mol. The van der Waals surface area contributed by atoms with E-state index in [1.165, 1.54) is 6.42 Å². The maximum atomic E-state index is 10.8. The summed E-state index contributed by atoms with van der Waals surface area (Å²) in [6.07, 6.45) is 2.84. The van der Waals surface area contributed by atoms with Crippen LogP contribution in [-0.2, 0) is 0 Å². The zero-order valence-electron chi connectivity index (χ0n) is 12.3. The van der Waals surface area contributed by atoms with E-state index in [4.69, 9.17) is 9.47 Å². The van der Waals surface area contributed by atoms with Gasteiger partial charge in [0.15, 0.2) is 0 Å². The Morgan fingerprint density at radius 2 is 1.79 bits per heavy atom. The number of aliphatic hydroxyl groups is 1. The van der Waals surface area contributed by atoms with Gasteiger partial charge >= 0.3 is 0 Å². The Bertz CT molecular complexity index is 417. The van der Waals surface area contributed by atoms with Crippen molar-refractivity contribution in [2.24, 2.45) is 11.3 Å². The lowest BCUT2D eigenvalue weighted by Gasteiger charge is -2.32. The molecule has 1 aliphatic carbocycles. The van der Waals surface area contributed by atoms with Crippen LogP contribution >= 0.6 is 0 Å².